The van der Waals surface area contributed by atoms with Crippen molar-refractivity contribution < 1.29 is 9.18 Å². The fraction of sp³-hybridized carbons (Fsp3) is 0.350. The van der Waals surface area contributed by atoms with E-state index in [0.29, 0.717) is 11.9 Å². The van der Waals surface area contributed by atoms with Gasteiger partial charge in [0.1, 0.15) is 12.4 Å². The summed E-state index contributed by atoms with van der Waals surface area (Å²) in [5.41, 5.74) is 2.42. The number of nitrogens with one attached hydrogen (secondary N) is 1. The van der Waals surface area contributed by atoms with Gasteiger partial charge in [-0.1, -0.05) is 12.1 Å². The molecule has 0 bridgehead atoms. The molecule has 3 aromatic rings. The fourth-order valence-electron chi connectivity index (χ4n) is 3.40. The summed E-state index contributed by atoms with van der Waals surface area (Å²) in [5.74, 6) is -0.465. The van der Waals surface area contributed by atoms with E-state index >= 15 is 0 Å². The SMILES string of the molecule is Cc1c2cnn(CC(=O)NC3CC3)c(=O)c2c(C)n1Cc1ccc(F)cc1. The monoisotopic (exact) mass is 368 g/mol. The van der Waals surface area contributed by atoms with Crippen molar-refractivity contribution in [3.8, 4) is 0 Å². The zero-order valence-corrected chi connectivity index (χ0v) is 15.3. The molecule has 1 saturated carbocycles. The van der Waals surface area contributed by atoms with E-state index in [2.05, 4.69) is 10.4 Å². The molecule has 0 spiro atoms. The third-order valence-corrected chi connectivity index (χ3v) is 5.09. The van der Waals surface area contributed by atoms with Crippen LogP contribution in [-0.2, 0) is 17.9 Å². The fourth-order valence-corrected chi connectivity index (χ4v) is 3.40. The van der Waals surface area contributed by atoms with E-state index in [1.54, 1.807) is 18.3 Å². The third-order valence-electron chi connectivity index (χ3n) is 5.09. The number of hydrogen-bond acceptors (Lipinski definition) is 3. The molecule has 140 valence electrons. The Hall–Kier alpha value is -2.96. The van der Waals surface area contributed by atoms with E-state index in [0.717, 1.165) is 35.2 Å². The molecule has 27 heavy (non-hydrogen) atoms. The quantitative estimate of drug-likeness (QED) is 0.751. The first-order valence-electron chi connectivity index (χ1n) is 9.03. The van der Waals surface area contributed by atoms with Gasteiger partial charge in [-0.2, -0.15) is 5.10 Å². The molecule has 0 aliphatic heterocycles. The maximum atomic E-state index is 13.1. The summed E-state index contributed by atoms with van der Waals surface area (Å²) in [6.07, 6.45) is 3.64. The number of hydrogen-bond donors (Lipinski definition) is 1. The molecular formula is C20H21FN4O2. The highest BCUT2D eigenvalue weighted by atomic mass is 19.1. The molecule has 0 unspecified atom stereocenters. The lowest BCUT2D eigenvalue weighted by Gasteiger charge is -2.09. The predicted octanol–water partition coefficient (Wildman–Crippen LogP) is 2.28. The van der Waals surface area contributed by atoms with E-state index in [4.69, 9.17) is 0 Å². The van der Waals surface area contributed by atoms with Crippen molar-refractivity contribution >= 4 is 16.7 Å². The number of carbonyl (C=O) groups is 1. The van der Waals surface area contributed by atoms with Gasteiger partial charge < -0.3 is 9.88 Å². The molecule has 6 nitrogen and oxygen atoms in total. The maximum Gasteiger partial charge on any atom is 0.276 e. The van der Waals surface area contributed by atoms with Crippen LogP contribution in [-0.4, -0.2) is 26.3 Å². The van der Waals surface area contributed by atoms with Gasteiger partial charge in [0.05, 0.1) is 11.6 Å². The Labute approximate surface area is 155 Å². The zero-order valence-electron chi connectivity index (χ0n) is 15.3. The average Bonchev–Trinajstić information content (AvgIpc) is 3.41. The Morgan fingerprint density at radius 2 is 1.93 bits per heavy atom. The minimum atomic E-state index is -0.276. The molecule has 1 aromatic carbocycles. The minimum absolute atomic E-state index is 0.0765. The summed E-state index contributed by atoms with van der Waals surface area (Å²) in [5, 5.41) is 8.41. The second kappa shape index (κ2) is 6.64. The average molecular weight is 368 g/mol. The maximum absolute atomic E-state index is 13.1. The summed E-state index contributed by atoms with van der Waals surface area (Å²) in [7, 11) is 0. The number of fused-ring (bicyclic) bond motifs is 1. The first kappa shape index (κ1) is 17.5. The van der Waals surface area contributed by atoms with Crippen LogP contribution in [0.2, 0.25) is 0 Å². The van der Waals surface area contributed by atoms with Crippen LogP contribution in [0.25, 0.3) is 10.8 Å². The minimum Gasteiger partial charge on any atom is -0.352 e. The van der Waals surface area contributed by atoms with Gasteiger partial charge >= 0.3 is 0 Å². The number of halogens is 1. The van der Waals surface area contributed by atoms with Crippen LogP contribution in [0.1, 0.15) is 29.8 Å². The predicted molar refractivity (Wildman–Crippen MR) is 100 cm³/mol. The van der Waals surface area contributed by atoms with Crippen molar-refractivity contribution in [2.75, 3.05) is 0 Å². The molecule has 0 saturated heterocycles. The second-order valence-corrected chi connectivity index (χ2v) is 7.12. The third kappa shape index (κ3) is 3.37. The molecule has 2 heterocycles. The topological polar surface area (TPSA) is 68.9 Å². The van der Waals surface area contributed by atoms with Crippen molar-refractivity contribution in [2.24, 2.45) is 0 Å². The van der Waals surface area contributed by atoms with Crippen molar-refractivity contribution in [3.05, 3.63) is 63.6 Å². The Kier molecular flexibility index (Phi) is 4.30. The first-order chi connectivity index (χ1) is 12.9. The summed E-state index contributed by atoms with van der Waals surface area (Å²) in [6, 6.07) is 6.57. The number of amides is 1. The Morgan fingerprint density at radius 1 is 1.22 bits per heavy atom. The molecule has 4 rings (SSSR count). The van der Waals surface area contributed by atoms with Crippen molar-refractivity contribution in [3.63, 3.8) is 0 Å². The van der Waals surface area contributed by atoms with E-state index < -0.39 is 0 Å². The number of aryl methyl sites for hydroxylation is 2. The molecule has 0 atom stereocenters. The molecule has 1 aliphatic carbocycles. The van der Waals surface area contributed by atoms with Crippen LogP contribution in [0.3, 0.4) is 0 Å². The summed E-state index contributed by atoms with van der Waals surface area (Å²) >= 11 is 0. The number of rotatable bonds is 5. The Morgan fingerprint density at radius 3 is 2.59 bits per heavy atom. The Bertz CT molecular complexity index is 1080. The highest BCUT2D eigenvalue weighted by molar-refractivity contribution is 5.87. The van der Waals surface area contributed by atoms with Crippen molar-refractivity contribution in [1.82, 2.24) is 19.7 Å². The summed E-state index contributed by atoms with van der Waals surface area (Å²) < 4.78 is 16.4. The van der Waals surface area contributed by atoms with Crippen molar-refractivity contribution in [1.29, 1.82) is 0 Å². The van der Waals surface area contributed by atoms with Gasteiger partial charge in [0.2, 0.25) is 5.91 Å². The van der Waals surface area contributed by atoms with Crippen LogP contribution in [0.4, 0.5) is 4.39 Å². The van der Waals surface area contributed by atoms with E-state index in [-0.39, 0.29) is 29.9 Å². The molecule has 1 aliphatic rings. The second-order valence-electron chi connectivity index (χ2n) is 7.12. The van der Waals surface area contributed by atoms with Gasteiger partial charge in [-0.3, -0.25) is 9.59 Å². The lowest BCUT2D eigenvalue weighted by molar-refractivity contribution is -0.122. The lowest BCUT2D eigenvalue weighted by Crippen LogP contribution is -2.34. The lowest BCUT2D eigenvalue weighted by atomic mass is 10.2. The number of nitrogens with zero attached hydrogens (tertiary/aromatic N) is 3. The molecule has 1 N–H and O–H groups in total. The van der Waals surface area contributed by atoms with Gasteiger partial charge in [-0.15, -0.1) is 0 Å². The normalized spacial score (nSPS) is 13.9. The standard InChI is InChI=1S/C20H21FN4O2/c1-12-17-9-22-25(11-18(26)23-16-7-8-16)20(27)19(17)13(2)24(12)10-14-3-5-15(21)6-4-14/h3-6,9,16H,7-8,10-11H2,1-2H3,(H,23,26). The van der Waals surface area contributed by atoms with E-state index in [1.807, 2.05) is 18.4 Å². The number of benzene rings is 1. The number of aromatic nitrogens is 3. The van der Waals surface area contributed by atoms with Gasteiger partial charge in [-0.25, -0.2) is 9.07 Å². The smallest absolute Gasteiger partial charge is 0.276 e. The Balaban J connectivity index is 1.69. The summed E-state index contributed by atoms with van der Waals surface area (Å²) in [4.78, 5) is 24.9. The van der Waals surface area contributed by atoms with Crippen LogP contribution < -0.4 is 10.9 Å². The highest BCUT2D eigenvalue weighted by Gasteiger charge is 2.24. The largest absolute Gasteiger partial charge is 0.352 e. The van der Waals surface area contributed by atoms with Crippen LogP contribution in [0.5, 0.6) is 0 Å². The van der Waals surface area contributed by atoms with Gasteiger partial charge in [0.15, 0.2) is 0 Å². The van der Waals surface area contributed by atoms with Crippen LogP contribution in [0, 0.1) is 19.7 Å². The molecule has 1 amide bonds. The summed E-state index contributed by atoms with van der Waals surface area (Å²) in [6.45, 7) is 4.28. The van der Waals surface area contributed by atoms with Crippen LogP contribution in [0.15, 0.2) is 35.3 Å². The van der Waals surface area contributed by atoms with Crippen LogP contribution >= 0.6 is 0 Å². The molecular weight excluding hydrogens is 347 g/mol. The van der Waals surface area contributed by atoms with Gasteiger partial charge in [0, 0.05) is 29.4 Å². The number of carbonyl (C=O) groups excluding carboxylic acids is 1. The molecule has 1 fully saturated rings. The molecule has 7 heteroatoms. The zero-order chi connectivity index (χ0) is 19.1. The van der Waals surface area contributed by atoms with Crippen molar-refractivity contribution in [2.45, 2.75) is 45.8 Å². The molecule has 2 aromatic heterocycles. The first-order valence-corrected chi connectivity index (χ1v) is 9.03. The van der Waals surface area contributed by atoms with E-state index in [9.17, 15) is 14.0 Å². The van der Waals surface area contributed by atoms with Gasteiger partial charge in [-0.05, 0) is 44.4 Å². The van der Waals surface area contributed by atoms with E-state index in [1.165, 1.54) is 16.8 Å². The molecule has 0 radical (unpaired) electrons. The highest BCUT2D eigenvalue weighted by Crippen LogP contribution is 2.23. The van der Waals surface area contributed by atoms with Gasteiger partial charge in [0.25, 0.3) is 5.56 Å².